The number of nitrogens with one attached hydrogen (secondary N) is 1. The molecule has 0 aliphatic rings. The van der Waals surface area contributed by atoms with Crippen LogP contribution in [0.5, 0.6) is 5.75 Å². The third kappa shape index (κ3) is 4.23. The Labute approximate surface area is 143 Å². The smallest absolute Gasteiger partial charge is 0.341 e. The van der Waals surface area contributed by atoms with Gasteiger partial charge in [-0.1, -0.05) is 23.7 Å². The van der Waals surface area contributed by atoms with Crippen LogP contribution in [0.1, 0.15) is 17.3 Å². The molecule has 0 aliphatic carbocycles. The van der Waals surface area contributed by atoms with Gasteiger partial charge in [0.15, 0.2) is 6.10 Å². The Morgan fingerprint density at radius 3 is 2.62 bits per heavy atom. The molecule has 1 unspecified atom stereocenters. The molecule has 0 aliphatic heterocycles. The van der Waals surface area contributed by atoms with E-state index in [1.54, 1.807) is 24.3 Å². The van der Waals surface area contributed by atoms with Gasteiger partial charge in [-0.25, -0.2) is 9.18 Å². The lowest BCUT2D eigenvalue weighted by Gasteiger charge is -2.15. The van der Waals surface area contributed by atoms with E-state index in [0.29, 0.717) is 11.4 Å². The molecule has 0 saturated carbocycles. The van der Waals surface area contributed by atoms with Gasteiger partial charge in [-0.3, -0.25) is 4.79 Å². The van der Waals surface area contributed by atoms with Crippen molar-refractivity contribution < 1.29 is 23.5 Å². The maximum Gasteiger partial charge on any atom is 0.341 e. The summed E-state index contributed by atoms with van der Waals surface area (Å²) in [7, 11) is 1.47. The zero-order valence-electron chi connectivity index (χ0n) is 13.0. The summed E-state index contributed by atoms with van der Waals surface area (Å²) in [5.41, 5.74) is 0.0984. The quantitative estimate of drug-likeness (QED) is 0.835. The number of carbonyl (C=O) groups excluding carboxylic acids is 2. The molecule has 0 radical (unpaired) electrons. The average molecular weight is 352 g/mol. The monoisotopic (exact) mass is 351 g/mol. The van der Waals surface area contributed by atoms with Gasteiger partial charge < -0.3 is 14.8 Å². The van der Waals surface area contributed by atoms with Crippen LogP contribution in [0, 0.1) is 5.82 Å². The first-order valence-corrected chi connectivity index (χ1v) is 7.40. The zero-order chi connectivity index (χ0) is 17.7. The average Bonchev–Trinajstić information content (AvgIpc) is 2.57. The van der Waals surface area contributed by atoms with Crippen LogP contribution in [0.25, 0.3) is 0 Å². The predicted molar refractivity (Wildman–Crippen MR) is 87.9 cm³/mol. The second kappa shape index (κ2) is 7.79. The number of esters is 1. The Bertz CT molecular complexity index is 766. The third-order valence-electron chi connectivity index (χ3n) is 3.17. The molecule has 24 heavy (non-hydrogen) atoms. The summed E-state index contributed by atoms with van der Waals surface area (Å²) >= 11 is 5.73. The highest BCUT2D eigenvalue weighted by atomic mass is 35.5. The lowest BCUT2D eigenvalue weighted by molar-refractivity contribution is -0.123. The Hall–Kier alpha value is -2.60. The van der Waals surface area contributed by atoms with Crippen molar-refractivity contribution in [1.29, 1.82) is 0 Å². The summed E-state index contributed by atoms with van der Waals surface area (Å²) in [6, 6.07) is 10.3. The number of halogens is 2. The summed E-state index contributed by atoms with van der Waals surface area (Å²) in [5.74, 6) is -1.86. The Kier molecular flexibility index (Phi) is 5.76. The molecule has 0 bridgehead atoms. The summed E-state index contributed by atoms with van der Waals surface area (Å²) in [5, 5.41) is 2.77. The van der Waals surface area contributed by atoms with E-state index in [1.165, 1.54) is 20.1 Å². The van der Waals surface area contributed by atoms with Crippen LogP contribution in [0.2, 0.25) is 5.02 Å². The van der Waals surface area contributed by atoms with Crippen LogP contribution in [0.15, 0.2) is 42.5 Å². The van der Waals surface area contributed by atoms with E-state index >= 15 is 0 Å². The van der Waals surface area contributed by atoms with Crippen molar-refractivity contribution in [3.8, 4) is 5.75 Å². The minimum absolute atomic E-state index is 0.189. The highest BCUT2D eigenvalue weighted by Crippen LogP contribution is 2.23. The molecule has 5 nitrogen and oxygen atoms in total. The molecule has 2 aromatic carbocycles. The fourth-order valence-electron chi connectivity index (χ4n) is 1.91. The maximum absolute atomic E-state index is 13.6. The molecule has 1 atom stereocenters. The van der Waals surface area contributed by atoms with Crippen LogP contribution in [0.4, 0.5) is 10.1 Å². The summed E-state index contributed by atoms with van der Waals surface area (Å²) in [4.78, 5) is 24.1. The highest BCUT2D eigenvalue weighted by molar-refractivity contribution is 6.30. The second-order valence-corrected chi connectivity index (χ2v) is 5.30. The maximum atomic E-state index is 13.6. The summed E-state index contributed by atoms with van der Waals surface area (Å²) in [6.45, 7) is 1.38. The zero-order valence-corrected chi connectivity index (χ0v) is 13.8. The molecule has 0 heterocycles. The van der Waals surface area contributed by atoms with E-state index in [0.717, 1.165) is 12.1 Å². The molecular weight excluding hydrogens is 337 g/mol. The topological polar surface area (TPSA) is 64.6 Å². The number of hydrogen-bond donors (Lipinski definition) is 1. The van der Waals surface area contributed by atoms with Gasteiger partial charge in [0.25, 0.3) is 5.91 Å². The molecular formula is C17H15ClFNO4. The van der Waals surface area contributed by atoms with Gasteiger partial charge in [-0.05, 0) is 37.3 Å². The normalized spacial score (nSPS) is 11.5. The molecule has 0 saturated heterocycles. The Morgan fingerprint density at radius 2 is 1.92 bits per heavy atom. The van der Waals surface area contributed by atoms with E-state index in [4.69, 9.17) is 21.1 Å². The van der Waals surface area contributed by atoms with Crippen molar-refractivity contribution in [2.75, 3.05) is 12.4 Å². The summed E-state index contributed by atoms with van der Waals surface area (Å²) < 4.78 is 23.7. The minimum atomic E-state index is -1.14. The van der Waals surface area contributed by atoms with E-state index in [1.807, 2.05) is 0 Å². The standard InChI is InChI=1S/C17H15ClFNO4/c1-10(16(21)20-14-5-3-4-6-15(14)23-2)24-17(22)12-9-11(18)7-8-13(12)19/h3-10H,1-2H3,(H,20,21). The number of hydrogen-bond acceptors (Lipinski definition) is 4. The van der Waals surface area contributed by atoms with E-state index in [2.05, 4.69) is 5.32 Å². The van der Waals surface area contributed by atoms with Gasteiger partial charge in [-0.2, -0.15) is 0 Å². The first kappa shape index (κ1) is 17.7. The van der Waals surface area contributed by atoms with Gasteiger partial charge in [0.05, 0.1) is 18.4 Å². The number of carbonyl (C=O) groups is 2. The number of para-hydroxylation sites is 2. The van der Waals surface area contributed by atoms with Crippen molar-refractivity contribution in [3.05, 3.63) is 58.9 Å². The number of anilines is 1. The van der Waals surface area contributed by atoms with Crippen LogP contribution in [-0.4, -0.2) is 25.1 Å². The third-order valence-corrected chi connectivity index (χ3v) is 3.40. The Balaban J connectivity index is 2.06. The fraction of sp³-hybridized carbons (Fsp3) is 0.176. The molecule has 126 valence electrons. The van der Waals surface area contributed by atoms with E-state index < -0.39 is 23.8 Å². The van der Waals surface area contributed by atoms with Crippen molar-refractivity contribution in [1.82, 2.24) is 0 Å². The molecule has 1 amide bonds. The number of methoxy groups -OCH3 is 1. The van der Waals surface area contributed by atoms with Crippen molar-refractivity contribution in [2.45, 2.75) is 13.0 Å². The van der Waals surface area contributed by atoms with Crippen LogP contribution in [-0.2, 0) is 9.53 Å². The number of rotatable bonds is 5. The Morgan fingerprint density at radius 1 is 1.21 bits per heavy atom. The van der Waals surface area contributed by atoms with Gasteiger partial charge in [0.2, 0.25) is 0 Å². The molecule has 1 N–H and O–H groups in total. The van der Waals surface area contributed by atoms with Gasteiger partial charge in [0, 0.05) is 5.02 Å². The minimum Gasteiger partial charge on any atom is -0.495 e. The van der Waals surface area contributed by atoms with Crippen LogP contribution < -0.4 is 10.1 Å². The molecule has 0 aromatic heterocycles. The van der Waals surface area contributed by atoms with Gasteiger partial charge in [0.1, 0.15) is 11.6 Å². The van der Waals surface area contributed by atoms with Crippen LogP contribution >= 0.6 is 11.6 Å². The SMILES string of the molecule is COc1ccccc1NC(=O)C(C)OC(=O)c1cc(Cl)ccc1F. The van der Waals surface area contributed by atoms with Gasteiger partial charge >= 0.3 is 5.97 Å². The van der Waals surface area contributed by atoms with Crippen molar-refractivity contribution in [3.63, 3.8) is 0 Å². The molecule has 7 heteroatoms. The number of benzene rings is 2. The van der Waals surface area contributed by atoms with Crippen molar-refractivity contribution in [2.24, 2.45) is 0 Å². The molecule has 0 fully saturated rings. The van der Waals surface area contributed by atoms with Crippen molar-refractivity contribution >= 4 is 29.2 Å². The van der Waals surface area contributed by atoms with E-state index in [9.17, 15) is 14.0 Å². The lowest BCUT2D eigenvalue weighted by atomic mass is 10.2. The van der Waals surface area contributed by atoms with Gasteiger partial charge in [-0.15, -0.1) is 0 Å². The predicted octanol–water partition coefficient (Wildman–Crippen LogP) is 3.67. The lowest BCUT2D eigenvalue weighted by Crippen LogP contribution is -2.30. The van der Waals surface area contributed by atoms with E-state index in [-0.39, 0.29) is 10.6 Å². The fourth-order valence-corrected chi connectivity index (χ4v) is 2.09. The molecule has 0 spiro atoms. The molecule has 2 rings (SSSR count). The second-order valence-electron chi connectivity index (χ2n) is 4.86. The number of amides is 1. The first-order valence-electron chi connectivity index (χ1n) is 7.02. The largest absolute Gasteiger partial charge is 0.495 e. The molecule has 2 aromatic rings. The van der Waals surface area contributed by atoms with Crippen LogP contribution in [0.3, 0.4) is 0 Å². The summed E-state index contributed by atoms with van der Waals surface area (Å²) in [6.07, 6.45) is -1.14. The number of ether oxygens (including phenoxy) is 2. The highest BCUT2D eigenvalue weighted by Gasteiger charge is 2.22. The first-order chi connectivity index (χ1) is 11.4.